The Morgan fingerprint density at radius 2 is 2.31 bits per heavy atom. The Bertz CT molecular complexity index is 292. The molecule has 1 aliphatic rings. The standard InChI is InChI=1S/C11H16N2/c1-8-4-10(7-13-6-8)11(12)5-9-2-3-9/h4,6-7,9,11H,2-3,5,12H2,1H3. The van der Waals surface area contributed by atoms with Gasteiger partial charge in [-0.3, -0.25) is 4.98 Å². The van der Waals surface area contributed by atoms with Gasteiger partial charge in [-0.05, 0) is 30.4 Å². The molecule has 1 aromatic heterocycles. The molecule has 0 spiro atoms. The van der Waals surface area contributed by atoms with Crippen molar-refractivity contribution in [1.29, 1.82) is 0 Å². The second kappa shape index (κ2) is 3.46. The van der Waals surface area contributed by atoms with Crippen molar-refractivity contribution >= 4 is 0 Å². The first-order valence-corrected chi connectivity index (χ1v) is 4.93. The topological polar surface area (TPSA) is 38.9 Å². The number of nitrogens with zero attached hydrogens (tertiary/aromatic N) is 1. The summed E-state index contributed by atoms with van der Waals surface area (Å²) in [5.74, 6) is 0.885. The van der Waals surface area contributed by atoms with E-state index in [1.165, 1.54) is 24.0 Å². The second-order valence-electron chi connectivity index (χ2n) is 4.08. The van der Waals surface area contributed by atoms with Gasteiger partial charge in [-0.1, -0.05) is 18.9 Å². The smallest absolute Gasteiger partial charge is 0.0315 e. The molecular weight excluding hydrogens is 160 g/mol. The van der Waals surface area contributed by atoms with Gasteiger partial charge < -0.3 is 5.73 Å². The van der Waals surface area contributed by atoms with Gasteiger partial charge in [-0.15, -0.1) is 0 Å². The Hall–Kier alpha value is -0.890. The summed E-state index contributed by atoms with van der Waals surface area (Å²) in [5.41, 5.74) is 8.45. The Labute approximate surface area is 79.2 Å². The predicted molar refractivity (Wildman–Crippen MR) is 53.2 cm³/mol. The van der Waals surface area contributed by atoms with Crippen LogP contribution in [0.25, 0.3) is 0 Å². The molecule has 1 saturated carbocycles. The molecule has 0 aliphatic heterocycles. The van der Waals surface area contributed by atoms with Crippen LogP contribution >= 0.6 is 0 Å². The maximum absolute atomic E-state index is 6.06. The molecule has 1 fully saturated rings. The average molecular weight is 176 g/mol. The van der Waals surface area contributed by atoms with E-state index in [0.717, 1.165) is 12.3 Å². The van der Waals surface area contributed by atoms with Crippen LogP contribution in [-0.4, -0.2) is 4.98 Å². The Kier molecular flexibility index (Phi) is 2.32. The summed E-state index contributed by atoms with van der Waals surface area (Å²) in [4.78, 5) is 4.15. The van der Waals surface area contributed by atoms with Crippen molar-refractivity contribution in [2.24, 2.45) is 11.7 Å². The number of hydrogen-bond donors (Lipinski definition) is 1. The molecule has 2 rings (SSSR count). The molecule has 2 heteroatoms. The summed E-state index contributed by atoms with van der Waals surface area (Å²) in [6.45, 7) is 2.06. The van der Waals surface area contributed by atoms with Gasteiger partial charge in [0.1, 0.15) is 0 Å². The first-order chi connectivity index (χ1) is 6.25. The molecule has 2 nitrogen and oxygen atoms in total. The summed E-state index contributed by atoms with van der Waals surface area (Å²) >= 11 is 0. The third-order valence-electron chi connectivity index (χ3n) is 2.61. The zero-order valence-electron chi connectivity index (χ0n) is 8.03. The minimum Gasteiger partial charge on any atom is -0.324 e. The maximum Gasteiger partial charge on any atom is 0.0315 e. The van der Waals surface area contributed by atoms with Gasteiger partial charge in [0, 0.05) is 18.4 Å². The van der Waals surface area contributed by atoms with E-state index < -0.39 is 0 Å². The molecule has 0 bridgehead atoms. The summed E-state index contributed by atoms with van der Waals surface area (Å²) < 4.78 is 0. The van der Waals surface area contributed by atoms with Gasteiger partial charge in [0.2, 0.25) is 0 Å². The second-order valence-corrected chi connectivity index (χ2v) is 4.08. The number of aryl methyl sites for hydroxylation is 1. The van der Waals surface area contributed by atoms with Crippen LogP contribution in [0.4, 0.5) is 0 Å². The van der Waals surface area contributed by atoms with Crippen LogP contribution in [0.1, 0.15) is 36.4 Å². The Balaban J connectivity index is 2.04. The largest absolute Gasteiger partial charge is 0.324 e. The van der Waals surface area contributed by atoms with E-state index in [0.29, 0.717) is 0 Å². The van der Waals surface area contributed by atoms with Crippen molar-refractivity contribution in [1.82, 2.24) is 4.98 Å². The normalized spacial score (nSPS) is 18.6. The van der Waals surface area contributed by atoms with Crippen LogP contribution in [0.2, 0.25) is 0 Å². The van der Waals surface area contributed by atoms with Crippen molar-refractivity contribution in [2.45, 2.75) is 32.2 Å². The molecule has 0 radical (unpaired) electrons. The molecular formula is C11H16N2. The number of aromatic nitrogens is 1. The first-order valence-electron chi connectivity index (χ1n) is 4.93. The van der Waals surface area contributed by atoms with Crippen molar-refractivity contribution in [2.75, 3.05) is 0 Å². The summed E-state index contributed by atoms with van der Waals surface area (Å²) in [5, 5.41) is 0. The van der Waals surface area contributed by atoms with Crippen LogP contribution in [0, 0.1) is 12.8 Å². The lowest BCUT2D eigenvalue weighted by atomic mass is 10.0. The van der Waals surface area contributed by atoms with E-state index >= 15 is 0 Å². The quantitative estimate of drug-likeness (QED) is 0.766. The zero-order valence-corrected chi connectivity index (χ0v) is 8.03. The Morgan fingerprint density at radius 3 is 2.92 bits per heavy atom. The van der Waals surface area contributed by atoms with E-state index in [-0.39, 0.29) is 6.04 Å². The molecule has 70 valence electrons. The number of hydrogen-bond acceptors (Lipinski definition) is 2. The fourth-order valence-electron chi connectivity index (χ4n) is 1.63. The highest BCUT2D eigenvalue weighted by Crippen LogP contribution is 2.36. The molecule has 0 saturated heterocycles. The SMILES string of the molecule is Cc1cncc(C(N)CC2CC2)c1. The average Bonchev–Trinajstić information content (AvgIpc) is 2.88. The van der Waals surface area contributed by atoms with Crippen molar-refractivity contribution in [3.63, 3.8) is 0 Å². The minimum absolute atomic E-state index is 0.194. The number of rotatable bonds is 3. The fraction of sp³-hybridized carbons (Fsp3) is 0.545. The highest BCUT2D eigenvalue weighted by Gasteiger charge is 2.24. The lowest BCUT2D eigenvalue weighted by Crippen LogP contribution is -2.11. The molecule has 1 aliphatic carbocycles. The molecule has 13 heavy (non-hydrogen) atoms. The highest BCUT2D eigenvalue weighted by molar-refractivity contribution is 5.19. The fourth-order valence-corrected chi connectivity index (χ4v) is 1.63. The molecule has 2 N–H and O–H groups in total. The van der Waals surface area contributed by atoms with E-state index in [1.807, 2.05) is 12.4 Å². The van der Waals surface area contributed by atoms with Gasteiger partial charge in [-0.25, -0.2) is 0 Å². The van der Waals surface area contributed by atoms with Crippen molar-refractivity contribution in [3.05, 3.63) is 29.6 Å². The molecule has 0 aromatic carbocycles. The van der Waals surface area contributed by atoms with E-state index in [9.17, 15) is 0 Å². The highest BCUT2D eigenvalue weighted by atomic mass is 14.7. The van der Waals surface area contributed by atoms with Crippen LogP contribution in [0.3, 0.4) is 0 Å². The minimum atomic E-state index is 0.194. The van der Waals surface area contributed by atoms with Crippen molar-refractivity contribution < 1.29 is 0 Å². The number of nitrogens with two attached hydrogens (primary N) is 1. The first kappa shape index (κ1) is 8.70. The van der Waals surface area contributed by atoms with E-state index in [1.54, 1.807) is 0 Å². The summed E-state index contributed by atoms with van der Waals surface area (Å²) in [7, 11) is 0. The van der Waals surface area contributed by atoms with E-state index in [4.69, 9.17) is 5.73 Å². The maximum atomic E-state index is 6.06. The molecule has 1 heterocycles. The van der Waals surface area contributed by atoms with Gasteiger partial charge in [0.25, 0.3) is 0 Å². The number of pyridine rings is 1. The molecule has 1 atom stereocenters. The summed E-state index contributed by atoms with van der Waals surface area (Å²) in [6, 6.07) is 2.33. The van der Waals surface area contributed by atoms with Crippen LogP contribution in [-0.2, 0) is 0 Å². The van der Waals surface area contributed by atoms with Crippen LogP contribution < -0.4 is 5.73 Å². The van der Waals surface area contributed by atoms with Crippen LogP contribution in [0.5, 0.6) is 0 Å². The predicted octanol–water partition coefficient (Wildman–Crippen LogP) is 2.19. The molecule has 1 unspecified atom stereocenters. The van der Waals surface area contributed by atoms with Gasteiger partial charge in [0.15, 0.2) is 0 Å². The lowest BCUT2D eigenvalue weighted by molar-refractivity contribution is 0.595. The van der Waals surface area contributed by atoms with Crippen LogP contribution in [0.15, 0.2) is 18.5 Å². The molecule has 0 amide bonds. The van der Waals surface area contributed by atoms with Gasteiger partial charge >= 0.3 is 0 Å². The van der Waals surface area contributed by atoms with E-state index in [2.05, 4.69) is 18.0 Å². The monoisotopic (exact) mass is 176 g/mol. The molecule has 1 aromatic rings. The van der Waals surface area contributed by atoms with Crippen molar-refractivity contribution in [3.8, 4) is 0 Å². The summed E-state index contributed by atoms with van der Waals surface area (Å²) in [6.07, 6.45) is 7.62. The third kappa shape index (κ3) is 2.28. The lowest BCUT2D eigenvalue weighted by Gasteiger charge is -2.10. The van der Waals surface area contributed by atoms with Gasteiger partial charge in [-0.2, -0.15) is 0 Å². The van der Waals surface area contributed by atoms with Gasteiger partial charge in [0.05, 0.1) is 0 Å². The Morgan fingerprint density at radius 1 is 1.54 bits per heavy atom. The third-order valence-corrected chi connectivity index (χ3v) is 2.61. The zero-order chi connectivity index (χ0) is 9.26.